The average Bonchev–Trinajstić information content (AvgIpc) is 2.97. The number of urea groups is 1. The summed E-state index contributed by atoms with van der Waals surface area (Å²) >= 11 is 0. The fourth-order valence-corrected chi connectivity index (χ4v) is 5.36. The summed E-state index contributed by atoms with van der Waals surface area (Å²) in [4.78, 5) is 44.8. The molecule has 0 bridgehead atoms. The van der Waals surface area contributed by atoms with Crippen molar-refractivity contribution in [2.75, 3.05) is 19.6 Å². The van der Waals surface area contributed by atoms with Gasteiger partial charge in [0, 0.05) is 6.54 Å². The minimum Gasteiger partial charge on any atom is -0.333 e. The monoisotopic (exact) mass is 521 g/mol. The van der Waals surface area contributed by atoms with Gasteiger partial charge in [-0.3, -0.25) is 9.59 Å². The summed E-state index contributed by atoms with van der Waals surface area (Å²) in [7, 11) is 0. The number of rotatable bonds is 6. The molecule has 4 amide bonds. The molecule has 8 heteroatoms. The Morgan fingerprint density at radius 2 is 1.59 bits per heavy atom. The zero-order valence-corrected chi connectivity index (χ0v) is 21.8. The maximum atomic E-state index is 14.1. The first-order valence-electron chi connectivity index (χ1n) is 13.0. The van der Waals surface area contributed by atoms with E-state index >= 15 is 0 Å². The lowest BCUT2D eigenvalue weighted by Gasteiger charge is -2.55. The molecule has 39 heavy (non-hydrogen) atoms. The quantitative estimate of drug-likeness (QED) is 0.504. The first-order chi connectivity index (χ1) is 19.0. The van der Waals surface area contributed by atoms with E-state index in [2.05, 4.69) is 11.2 Å². The zero-order chi connectivity index (χ0) is 27.4. The van der Waals surface area contributed by atoms with Crippen molar-refractivity contribution >= 4 is 17.8 Å². The van der Waals surface area contributed by atoms with Crippen molar-refractivity contribution in [2.24, 2.45) is 0 Å². The van der Waals surface area contributed by atoms with Crippen LogP contribution in [-0.4, -0.2) is 63.5 Å². The van der Waals surface area contributed by atoms with E-state index in [-0.39, 0.29) is 43.5 Å². The number of carbonyl (C=O) groups is 3. The third-order valence-corrected chi connectivity index (χ3v) is 7.30. The second-order valence-electron chi connectivity index (χ2n) is 9.69. The highest BCUT2D eigenvalue weighted by Crippen LogP contribution is 2.38. The van der Waals surface area contributed by atoms with Crippen LogP contribution in [0, 0.1) is 12.3 Å². The first-order valence-corrected chi connectivity index (χ1v) is 13.0. The minimum atomic E-state index is -0.874. The zero-order valence-electron chi connectivity index (χ0n) is 21.8. The number of nitrogens with one attached hydrogen (secondary N) is 1. The van der Waals surface area contributed by atoms with Crippen LogP contribution in [0.3, 0.4) is 0 Å². The summed E-state index contributed by atoms with van der Waals surface area (Å²) in [6.07, 6.45) is 4.91. The summed E-state index contributed by atoms with van der Waals surface area (Å²) in [5.74, 6) is 2.14. The standard InChI is InChI=1S/C31H31N5O3/c1-3-19-33-22-28(37)35-27(36(33)31(39)32-20-24-13-7-4-8-14-24)21-34(23(2)25-15-9-5-10-16-25)30(38)29(35)26-17-11-6-12-18-26/h1,4-18,23,27,29H,19-22H2,2H3,(H,32,39)/t23?,27-,29-/m0/s1. The molecule has 2 aliphatic heterocycles. The fourth-order valence-electron chi connectivity index (χ4n) is 5.36. The van der Waals surface area contributed by atoms with E-state index in [0.717, 1.165) is 11.1 Å². The molecular formula is C31H31N5O3. The summed E-state index contributed by atoms with van der Waals surface area (Å²) < 4.78 is 0. The summed E-state index contributed by atoms with van der Waals surface area (Å²) in [6.45, 7) is 2.39. The van der Waals surface area contributed by atoms with Crippen molar-refractivity contribution in [1.29, 1.82) is 0 Å². The predicted octanol–water partition coefficient (Wildman–Crippen LogP) is 3.56. The molecule has 3 atom stereocenters. The molecule has 0 aliphatic carbocycles. The summed E-state index contributed by atoms with van der Waals surface area (Å²) in [5.41, 5.74) is 2.61. The number of nitrogens with zero attached hydrogens (tertiary/aromatic N) is 4. The highest BCUT2D eigenvalue weighted by atomic mass is 16.2. The number of hydrazine groups is 1. The number of amides is 4. The molecule has 2 saturated heterocycles. The smallest absolute Gasteiger partial charge is 0.333 e. The van der Waals surface area contributed by atoms with Crippen molar-refractivity contribution in [2.45, 2.75) is 31.7 Å². The van der Waals surface area contributed by atoms with Gasteiger partial charge in [0.1, 0.15) is 12.2 Å². The van der Waals surface area contributed by atoms with Crippen LogP contribution >= 0.6 is 0 Å². The van der Waals surface area contributed by atoms with E-state index in [4.69, 9.17) is 6.42 Å². The first kappa shape index (κ1) is 26.0. The number of hydrogen-bond donors (Lipinski definition) is 1. The SMILES string of the molecule is C#CCN1CC(=O)N2[C@@H](c3ccccc3)C(=O)N(C(C)c3ccccc3)C[C@@H]2N1C(=O)NCc1ccccc1. The van der Waals surface area contributed by atoms with Gasteiger partial charge >= 0.3 is 6.03 Å². The fraction of sp³-hybridized carbons (Fsp3) is 0.258. The van der Waals surface area contributed by atoms with Gasteiger partial charge in [-0.15, -0.1) is 6.42 Å². The molecule has 198 valence electrons. The lowest BCUT2D eigenvalue weighted by atomic mass is 9.96. The van der Waals surface area contributed by atoms with Gasteiger partial charge in [-0.2, -0.15) is 5.01 Å². The summed E-state index contributed by atoms with van der Waals surface area (Å²) in [6, 6.07) is 27.1. The number of benzene rings is 3. The van der Waals surface area contributed by atoms with E-state index in [9.17, 15) is 14.4 Å². The molecule has 8 nitrogen and oxygen atoms in total. The van der Waals surface area contributed by atoms with Crippen LogP contribution in [-0.2, 0) is 16.1 Å². The van der Waals surface area contributed by atoms with E-state index in [1.54, 1.807) is 14.8 Å². The van der Waals surface area contributed by atoms with Crippen LogP contribution in [0.4, 0.5) is 4.79 Å². The van der Waals surface area contributed by atoms with Gasteiger partial charge < -0.3 is 15.1 Å². The molecule has 0 radical (unpaired) electrons. The average molecular weight is 522 g/mol. The Hall–Kier alpha value is -4.61. The van der Waals surface area contributed by atoms with Crippen LogP contribution in [0.5, 0.6) is 0 Å². The third kappa shape index (κ3) is 5.22. The molecule has 2 aliphatic rings. The molecule has 0 saturated carbocycles. The van der Waals surface area contributed by atoms with Crippen LogP contribution in [0.25, 0.3) is 0 Å². The lowest BCUT2D eigenvalue weighted by molar-refractivity contribution is -0.191. The molecular weight excluding hydrogens is 490 g/mol. The van der Waals surface area contributed by atoms with Crippen molar-refractivity contribution in [1.82, 2.24) is 25.1 Å². The van der Waals surface area contributed by atoms with Gasteiger partial charge in [0.05, 0.1) is 25.7 Å². The van der Waals surface area contributed by atoms with E-state index in [0.29, 0.717) is 12.1 Å². The van der Waals surface area contributed by atoms with Crippen molar-refractivity contribution in [3.63, 3.8) is 0 Å². The molecule has 0 spiro atoms. The van der Waals surface area contributed by atoms with Crippen molar-refractivity contribution < 1.29 is 14.4 Å². The van der Waals surface area contributed by atoms with E-state index < -0.39 is 12.2 Å². The predicted molar refractivity (Wildman–Crippen MR) is 147 cm³/mol. The number of fused-ring (bicyclic) bond motifs is 1. The second-order valence-corrected chi connectivity index (χ2v) is 9.69. The van der Waals surface area contributed by atoms with Crippen LogP contribution in [0.1, 0.15) is 35.7 Å². The van der Waals surface area contributed by atoms with Gasteiger partial charge in [0.2, 0.25) is 5.91 Å². The largest absolute Gasteiger partial charge is 0.334 e. The number of hydrogen-bond acceptors (Lipinski definition) is 4. The molecule has 5 rings (SSSR count). The van der Waals surface area contributed by atoms with Gasteiger partial charge in [-0.25, -0.2) is 9.80 Å². The van der Waals surface area contributed by atoms with Crippen LogP contribution in [0.15, 0.2) is 91.0 Å². The van der Waals surface area contributed by atoms with Gasteiger partial charge in [-0.1, -0.05) is 96.9 Å². The number of carbonyl (C=O) groups excluding carboxylic acids is 3. The van der Waals surface area contributed by atoms with Crippen LogP contribution < -0.4 is 5.32 Å². The Balaban J connectivity index is 1.54. The Labute approximate surface area is 228 Å². The second kappa shape index (κ2) is 11.4. The molecule has 2 fully saturated rings. The summed E-state index contributed by atoms with van der Waals surface area (Å²) in [5, 5.41) is 6.10. The number of piperazine rings is 1. The minimum absolute atomic E-state index is 0.0764. The Morgan fingerprint density at radius 1 is 0.974 bits per heavy atom. The molecule has 2 heterocycles. The maximum absolute atomic E-state index is 14.1. The Morgan fingerprint density at radius 3 is 2.23 bits per heavy atom. The highest BCUT2D eigenvalue weighted by molar-refractivity contribution is 5.92. The molecule has 3 aromatic carbocycles. The Kier molecular flexibility index (Phi) is 7.62. The molecule has 1 unspecified atom stereocenters. The van der Waals surface area contributed by atoms with E-state index in [1.165, 1.54) is 5.01 Å². The van der Waals surface area contributed by atoms with Gasteiger partial charge in [-0.05, 0) is 23.6 Å². The molecule has 0 aromatic heterocycles. The lowest BCUT2D eigenvalue weighted by Crippen LogP contribution is -2.74. The highest BCUT2D eigenvalue weighted by Gasteiger charge is 2.52. The maximum Gasteiger partial charge on any atom is 0.334 e. The number of terminal acetylenes is 1. The molecule has 3 aromatic rings. The van der Waals surface area contributed by atoms with Gasteiger partial charge in [0.25, 0.3) is 5.91 Å². The third-order valence-electron chi connectivity index (χ3n) is 7.30. The normalized spacial score (nSPS) is 20.3. The van der Waals surface area contributed by atoms with E-state index in [1.807, 2.05) is 97.9 Å². The molecule has 1 N–H and O–H groups in total. The van der Waals surface area contributed by atoms with Gasteiger partial charge in [0.15, 0.2) is 0 Å². The van der Waals surface area contributed by atoms with Crippen molar-refractivity contribution in [3.8, 4) is 12.3 Å². The Bertz CT molecular complexity index is 1360. The van der Waals surface area contributed by atoms with Crippen LogP contribution in [0.2, 0.25) is 0 Å². The van der Waals surface area contributed by atoms with Crippen molar-refractivity contribution in [3.05, 3.63) is 108 Å². The topological polar surface area (TPSA) is 76.2 Å².